The Labute approximate surface area is 128 Å². The van der Waals surface area contributed by atoms with E-state index in [0.29, 0.717) is 12.3 Å². The number of para-hydroxylation sites is 1. The predicted octanol–water partition coefficient (Wildman–Crippen LogP) is 3.28. The molecule has 0 aromatic heterocycles. The average Bonchev–Trinajstić information content (AvgIpc) is 3.00. The van der Waals surface area contributed by atoms with Crippen LogP contribution in [-0.4, -0.2) is 24.7 Å². The van der Waals surface area contributed by atoms with E-state index < -0.39 is 6.10 Å². The summed E-state index contributed by atoms with van der Waals surface area (Å²) in [6.07, 6.45) is 1.43. The summed E-state index contributed by atoms with van der Waals surface area (Å²) in [4.78, 5) is 1.16. The minimum atomic E-state index is -0.602. The van der Waals surface area contributed by atoms with Crippen molar-refractivity contribution in [1.82, 2.24) is 0 Å². The fraction of sp³-hybridized carbons (Fsp3) is 0.250. The van der Waals surface area contributed by atoms with Crippen LogP contribution < -0.4 is 14.8 Å². The van der Waals surface area contributed by atoms with E-state index in [2.05, 4.69) is 11.4 Å². The van der Waals surface area contributed by atoms with Gasteiger partial charge in [-0.15, -0.1) is 11.8 Å². The van der Waals surface area contributed by atoms with Crippen molar-refractivity contribution in [3.63, 3.8) is 0 Å². The second kappa shape index (κ2) is 6.28. The molecule has 1 unspecified atom stereocenters. The van der Waals surface area contributed by atoms with Crippen LogP contribution in [0.25, 0.3) is 0 Å². The molecule has 0 aliphatic carbocycles. The van der Waals surface area contributed by atoms with Gasteiger partial charge in [-0.25, -0.2) is 0 Å². The number of thioether (sulfide) groups is 1. The van der Waals surface area contributed by atoms with E-state index >= 15 is 0 Å². The molecule has 4 nitrogen and oxygen atoms in total. The smallest absolute Gasteiger partial charge is 0.231 e. The summed E-state index contributed by atoms with van der Waals surface area (Å²) >= 11 is 1.68. The summed E-state index contributed by atoms with van der Waals surface area (Å²) < 4.78 is 10.6. The lowest BCUT2D eigenvalue weighted by molar-refractivity contribution is 0.173. The summed E-state index contributed by atoms with van der Waals surface area (Å²) in [7, 11) is 0. The maximum Gasteiger partial charge on any atom is 0.231 e. The van der Waals surface area contributed by atoms with Gasteiger partial charge in [-0.05, 0) is 36.1 Å². The van der Waals surface area contributed by atoms with E-state index in [-0.39, 0.29) is 6.79 Å². The molecule has 0 fully saturated rings. The summed E-state index contributed by atoms with van der Waals surface area (Å²) in [6, 6.07) is 13.6. The first-order chi connectivity index (χ1) is 10.3. The second-order valence-electron chi connectivity index (χ2n) is 4.71. The quantitative estimate of drug-likeness (QED) is 0.830. The zero-order valence-electron chi connectivity index (χ0n) is 11.7. The third kappa shape index (κ3) is 3.09. The largest absolute Gasteiger partial charge is 0.454 e. The van der Waals surface area contributed by atoms with Crippen molar-refractivity contribution in [3.05, 3.63) is 48.0 Å². The van der Waals surface area contributed by atoms with Crippen LogP contribution in [0.3, 0.4) is 0 Å². The Kier molecular flexibility index (Phi) is 4.22. The van der Waals surface area contributed by atoms with Crippen LogP contribution in [0.4, 0.5) is 5.69 Å². The van der Waals surface area contributed by atoms with Crippen LogP contribution in [0.15, 0.2) is 47.4 Å². The molecule has 110 valence electrons. The van der Waals surface area contributed by atoms with Crippen LogP contribution in [0, 0.1) is 0 Å². The van der Waals surface area contributed by atoms with Gasteiger partial charge in [0.1, 0.15) is 0 Å². The van der Waals surface area contributed by atoms with Crippen molar-refractivity contribution in [1.29, 1.82) is 0 Å². The molecule has 2 aromatic carbocycles. The third-order valence-electron chi connectivity index (χ3n) is 3.37. The predicted molar refractivity (Wildman–Crippen MR) is 84.2 cm³/mol. The zero-order chi connectivity index (χ0) is 14.7. The first-order valence-electron chi connectivity index (χ1n) is 6.72. The van der Waals surface area contributed by atoms with Crippen molar-refractivity contribution in [2.75, 3.05) is 24.9 Å². The van der Waals surface area contributed by atoms with Gasteiger partial charge in [-0.1, -0.05) is 18.2 Å². The van der Waals surface area contributed by atoms with Gasteiger partial charge < -0.3 is 19.9 Å². The standard InChI is InChI=1S/C16H17NO3S/c1-21-16-5-3-2-4-12(16)17-9-13(18)11-6-7-14-15(8-11)20-10-19-14/h2-8,13,17-18H,9-10H2,1H3. The molecule has 0 radical (unpaired) electrons. The maximum absolute atomic E-state index is 10.3. The number of hydrogen-bond acceptors (Lipinski definition) is 5. The monoisotopic (exact) mass is 303 g/mol. The van der Waals surface area contributed by atoms with Gasteiger partial charge >= 0.3 is 0 Å². The molecule has 1 aliphatic heterocycles. The van der Waals surface area contributed by atoms with Gasteiger partial charge in [-0.3, -0.25) is 0 Å². The number of nitrogens with one attached hydrogen (secondary N) is 1. The summed E-state index contributed by atoms with van der Waals surface area (Å²) in [5, 5.41) is 13.6. The van der Waals surface area contributed by atoms with Gasteiger partial charge in [0.25, 0.3) is 0 Å². The number of rotatable bonds is 5. The molecule has 0 bridgehead atoms. The maximum atomic E-state index is 10.3. The van der Waals surface area contributed by atoms with E-state index in [1.807, 2.05) is 42.7 Å². The Balaban J connectivity index is 1.67. The first-order valence-corrected chi connectivity index (χ1v) is 7.95. The van der Waals surface area contributed by atoms with Crippen LogP contribution in [-0.2, 0) is 0 Å². The molecular formula is C16H17NO3S. The second-order valence-corrected chi connectivity index (χ2v) is 5.56. The molecule has 0 amide bonds. The summed E-state index contributed by atoms with van der Waals surface area (Å²) in [6.45, 7) is 0.686. The molecule has 21 heavy (non-hydrogen) atoms. The Hall–Kier alpha value is -1.85. The fourth-order valence-electron chi connectivity index (χ4n) is 2.24. The number of benzene rings is 2. The van der Waals surface area contributed by atoms with Gasteiger partial charge in [0.2, 0.25) is 6.79 Å². The fourth-order valence-corrected chi connectivity index (χ4v) is 2.81. The van der Waals surface area contributed by atoms with Crippen molar-refractivity contribution in [2.45, 2.75) is 11.0 Å². The van der Waals surface area contributed by atoms with Gasteiger partial charge in [0, 0.05) is 17.1 Å². The van der Waals surface area contributed by atoms with Gasteiger partial charge in [0.05, 0.1) is 6.10 Å². The zero-order valence-corrected chi connectivity index (χ0v) is 12.5. The first kappa shape index (κ1) is 14.1. The van der Waals surface area contributed by atoms with Crippen molar-refractivity contribution < 1.29 is 14.6 Å². The summed E-state index contributed by atoms with van der Waals surface area (Å²) in [5.41, 5.74) is 1.85. The summed E-state index contributed by atoms with van der Waals surface area (Å²) in [5.74, 6) is 1.42. The highest BCUT2D eigenvalue weighted by atomic mass is 32.2. The van der Waals surface area contributed by atoms with Crippen molar-refractivity contribution >= 4 is 17.4 Å². The Morgan fingerprint density at radius 3 is 2.86 bits per heavy atom. The highest BCUT2D eigenvalue weighted by molar-refractivity contribution is 7.98. The molecular weight excluding hydrogens is 286 g/mol. The van der Waals surface area contributed by atoms with Gasteiger partial charge in [-0.2, -0.15) is 0 Å². The molecule has 1 atom stereocenters. The number of fused-ring (bicyclic) bond motifs is 1. The lowest BCUT2D eigenvalue weighted by atomic mass is 10.1. The van der Waals surface area contributed by atoms with Crippen LogP contribution in [0.1, 0.15) is 11.7 Å². The molecule has 0 spiro atoms. The molecule has 1 aliphatic rings. The molecule has 2 N–H and O–H groups in total. The molecule has 3 rings (SSSR count). The minimum absolute atomic E-state index is 0.244. The topological polar surface area (TPSA) is 50.7 Å². The molecule has 0 saturated carbocycles. The van der Waals surface area contributed by atoms with E-state index in [0.717, 1.165) is 21.9 Å². The number of aliphatic hydroxyl groups excluding tert-OH is 1. The van der Waals surface area contributed by atoms with E-state index in [1.54, 1.807) is 11.8 Å². The highest BCUT2D eigenvalue weighted by Crippen LogP contribution is 2.34. The van der Waals surface area contributed by atoms with E-state index in [4.69, 9.17) is 9.47 Å². The van der Waals surface area contributed by atoms with Crippen molar-refractivity contribution in [2.24, 2.45) is 0 Å². The molecule has 1 heterocycles. The SMILES string of the molecule is CSc1ccccc1NCC(O)c1ccc2c(c1)OCO2. The van der Waals surface area contributed by atoms with Crippen LogP contribution in [0.5, 0.6) is 11.5 Å². The van der Waals surface area contributed by atoms with Crippen molar-refractivity contribution in [3.8, 4) is 11.5 Å². The lowest BCUT2D eigenvalue weighted by Gasteiger charge is -2.15. The Morgan fingerprint density at radius 2 is 2.00 bits per heavy atom. The lowest BCUT2D eigenvalue weighted by Crippen LogP contribution is -2.12. The number of ether oxygens (including phenoxy) is 2. The number of anilines is 1. The highest BCUT2D eigenvalue weighted by Gasteiger charge is 2.16. The Morgan fingerprint density at radius 1 is 1.19 bits per heavy atom. The number of hydrogen-bond donors (Lipinski definition) is 2. The molecule has 5 heteroatoms. The number of aliphatic hydroxyl groups is 1. The minimum Gasteiger partial charge on any atom is -0.454 e. The normalized spacial score (nSPS) is 14.0. The van der Waals surface area contributed by atoms with Crippen LogP contribution >= 0.6 is 11.8 Å². The Bertz CT molecular complexity index is 633. The average molecular weight is 303 g/mol. The van der Waals surface area contributed by atoms with Gasteiger partial charge in [0.15, 0.2) is 11.5 Å². The van der Waals surface area contributed by atoms with E-state index in [9.17, 15) is 5.11 Å². The molecule has 0 saturated heterocycles. The van der Waals surface area contributed by atoms with E-state index in [1.165, 1.54) is 0 Å². The third-order valence-corrected chi connectivity index (χ3v) is 4.17. The molecule has 2 aromatic rings. The van der Waals surface area contributed by atoms with Crippen LogP contribution in [0.2, 0.25) is 0 Å².